The SMILES string of the molecule is CCCNC1CCCC(n2ncc3ccccc32)C1. The summed E-state index contributed by atoms with van der Waals surface area (Å²) in [5, 5.41) is 9.55. The number of para-hydroxylation sites is 1. The summed E-state index contributed by atoms with van der Waals surface area (Å²) in [7, 11) is 0. The second-order valence-corrected chi connectivity index (χ2v) is 5.62. The lowest BCUT2D eigenvalue weighted by molar-refractivity contribution is 0.275. The van der Waals surface area contributed by atoms with Crippen molar-refractivity contribution in [2.45, 2.75) is 51.1 Å². The second kappa shape index (κ2) is 5.74. The van der Waals surface area contributed by atoms with Crippen molar-refractivity contribution in [1.29, 1.82) is 0 Å². The molecular formula is C16H23N3. The number of benzene rings is 1. The van der Waals surface area contributed by atoms with Gasteiger partial charge in [0.05, 0.1) is 17.8 Å². The third kappa shape index (κ3) is 2.66. The van der Waals surface area contributed by atoms with Crippen molar-refractivity contribution in [3.8, 4) is 0 Å². The van der Waals surface area contributed by atoms with Crippen LogP contribution in [0.1, 0.15) is 45.1 Å². The summed E-state index contributed by atoms with van der Waals surface area (Å²) in [4.78, 5) is 0. The Morgan fingerprint density at radius 1 is 1.32 bits per heavy atom. The molecule has 1 N–H and O–H groups in total. The van der Waals surface area contributed by atoms with Crippen LogP contribution in [0.5, 0.6) is 0 Å². The van der Waals surface area contributed by atoms with Gasteiger partial charge >= 0.3 is 0 Å². The first kappa shape index (κ1) is 12.7. The summed E-state index contributed by atoms with van der Waals surface area (Å²) in [6.07, 6.45) is 8.31. The summed E-state index contributed by atoms with van der Waals surface area (Å²) in [5.74, 6) is 0. The maximum absolute atomic E-state index is 4.62. The lowest BCUT2D eigenvalue weighted by atomic mass is 9.91. The molecular weight excluding hydrogens is 234 g/mol. The molecule has 1 saturated carbocycles. The van der Waals surface area contributed by atoms with Crippen molar-refractivity contribution in [1.82, 2.24) is 15.1 Å². The molecule has 2 unspecified atom stereocenters. The zero-order valence-corrected chi connectivity index (χ0v) is 11.7. The summed E-state index contributed by atoms with van der Waals surface area (Å²) in [5.41, 5.74) is 1.28. The van der Waals surface area contributed by atoms with Crippen molar-refractivity contribution in [3.63, 3.8) is 0 Å². The molecule has 1 aromatic carbocycles. The Balaban J connectivity index is 1.77. The van der Waals surface area contributed by atoms with Crippen LogP contribution < -0.4 is 5.32 Å². The molecule has 3 heteroatoms. The number of aromatic nitrogens is 2. The normalized spacial score (nSPS) is 23.8. The van der Waals surface area contributed by atoms with E-state index in [4.69, 9.17) is 0 Å². The molecule has 1 fully saturated rings. The molecule has 19 heavy (non-hydrogen) atoms. The van der Waals surface area contributed by atoms with Crippen molar-refractivity contribution in [3.05, 3.63) is 30.5 Å². The Morgan fingerprint density at radius 3 is 3.11 bits per heavy atom. The zero-order valence-electron chi connectivity index (χ0n) is 11.7. The van der Waals surface area contributed by atoms with Gasteiger partial charge in [0.1, 0.15) is 0 Å². The molecule has 3 nitrogen and oxygen atoms in total. The second-order valence-electron chi connectivity index (χ2n) is 5.62. The van der Waals surface area contributed by atoms with Gasteiger partial charge in [0.25, 0.3) is 0 Å². The lowest BCUT2D eigenvalue weighted by Crippen LogP contribution is -2.35. The van der Waals surface area contributed by atoms with Gasteiger partial charge in [-0.2, -0.15) is 5.10 Å². The molecule has 0 bridgehead atoms. The highest BCUT2D eigenvalue weighted by molar-refractivity contribution is 5.78. The fraction of sp³-hybridized carbons (Fsp3) is 0.562. The molecule has 2 aromatic rings. The standard InChI is InChI=1S/C16H23N3/c1-2-10-17-14-7-5-8-15(11-14)19-16-9-4-3-6-13(16)12-18-19/h3-4,6,9,12,14-15,17H,2,5,7-8,10-11H2,1H3. The molecule has 0 radical (unpaired) electrons. The van der Waals surface area contributed by atoms with E-state index in [9.17, 15) is 0 Å². The molecule has 102 valence electrons. The summed E-state index contributed by atoms with van der Waals surface area (Å²) in [6, 6.07) is 9.75. The molecule has 0 aliphatic heterocycles. The van der Waals surface area contributed by atoms with Crippen LogP contribution in [0.3, 0.4) is 0 Å². The third-order valence-corrected chi connectivity index (χ3v) is 4.18. The summed E-state index contributed by atoms with van der Waals surface area (Å²) < 4.78 is 2.25. The van der Waals surface area contributed by atoms with Gasteiger partial charge in [0.15, 0.2) is 0 Å². The van der Waals surface area contributed by atoms with Crippen molar-refractivity contribution in [2.24, 2.45) is 0 Å². The molecule has 1 aliphatic carbocycles. The monoisotopic (exact) mass is 257 g/mol. The molecule has 1 aromatic heterocycles. The quantitative estimate of drug-likeness (QED) is 0.908. The third-order valence-electron chi connectivity index (χ3n) is 4.18. The number of nitrogens with one attached hydrogen (secondary N) is 1. The van der Waals surface area contributed by atoms with Crippen LogP contribution >= 0.6 is 0 Å². The van der Waals surface area contributed by atoms with Gasteiger partial charge in [-0.3, -0.25) is 4.68 Å². The van der Waals surface area contributed by atoms with Gasteiger partial charge in [0, 0.05) is 11.4 Å². The predicted molar refractivity (Wildman–Crippen MR) is 79.3 cm³/mol. The number of nitrogens with zero attached hydrogens (tertiary/aromatic N) is 2. The highest BCUT2D eigenvalue weighted by Crippen LogP contribution is 2.30. The molecule has 1 heterocycles. The van der Waals surface area contributed by atoms with E-state index in [0.717, 1.165) is 6.54 Å². The number of hydrogen-bond acceptors (Lipinski definition) is 2. The predicted octanol–water partition coefficient (Wildman–Crippen LogP) is 3.52. The minimum absolute atomic E-state index is 0.558. The minimum Gasteiger partial charge on any atom is -0.314 e. The van der Waals surface area contributed by atoms with Gasteiger partial charge in [-0.15, -0.1) is 0 Å². The Bertz CT molecular complexity index is 532. The minimum atomic E-state index is 0.558. The Kier molecular flexibility index (Phi) is 3.83. The first-order chi connectivity index (χ1) is 9.38. The highest BCUT2D eigenvalue weighted by Gasteiger charge is 2.24. The lowest BCUT2D eigenvalue weighted by Gasteiger charge is -2.30. The van der Waals surface area contributed by atoms with Crippen molar-refractivity contribution in [2.75, 3.05) is 6.54 Å². The molecule has 3 rings (SSSR count). The zero-order chi connectivity index (χ0) is 13.1. The molecule has 2 atom stereocenters. The van der Waals surface area contributed by atoms with E-state index in [-0.39, 0.29) is 0 Å². The van der Waals surface area contributed by atoms with Gasteiger partial charge in [-0.05, 0) is 44.7 Å². The summed E-state index contributed by atoms with van der Waals surface area (Å²) in [6.45, 7) is 3.37. The van der Waals surface area contributed by atoms with Crippen LogP contribution in [-0.2, 0) is 0 Å². The van der Waals surface area contributed by atoms with Crippen LogP contribution in [0.4, 0.5) is 0 Å². The number of hydrogen-bond donors (Lipinski definition) is 1. The number of fused-ring (bicyclic) bond motifs is 1. The molecule has 0 amide bonds. The van der Waals surface area contributed by atoms with E-state index in [1.54, 1.807) is 0 Å². The van der Waals surface area contributed by atoms with Gasteiger partial charge < -0.3 is 5.32 Å². The topological polar surface area (TPSA) is 29.9 Å². The highest BCUT2D eigenvalue weighted by atomic mass is 15.3. The van der Waals surface area contributed by atoms with Crippen LogP contribution in [0.25, 0.3) is 10.9 Å². The van der Waals surface area contributed by atoms with Crippen LogP contribution in [0.15, 0.2) is 30.5 Å². The van der Waals surface area contributed by atoms with Gasteiger partial charge in [-0.1, -0.05) is 25.1 Å². The Labute approximate surface area is 115 Å². The first-order valence-corrected chi connectivity index (χ1v) is 7.54. The van der Waals surface area contributed by atoms with E-state index in [2.05, 4.69) is 46.3 Å². The molecule has 1 aliphatic rings. The van der Waals surface area contributed by atoms with Crippen LogP contribution in [0.2, 0.25) is 0 Å². The van der Waals surface area contributed by atoms with E-state index in [1.807, 2.05) is 6.20 Å². The molecule has 0 spiro atoms. The van der Waals surface area contributed by atoms with Gasteiger partial charge in [-0.25, -0.2) is 0 Å². The average Bonchev–Trinajstić information content (AvgIpc) is 2.89. The van der Waals surface area contributed by atoms with Crippen molar-refractivity contribution < 1.29 is 0 Å². The Hall–Kier alpha value is -1.35. The first-order valence-electron chi connectivity index (χ1n) is 7.54. The molecule has 0 saturated heterocycles. The summed E-state index contributed by atoms with van der Waals surface area (Å²) >= 11 is 0. The van der Waals surface area contributed by atoms with E-state index in [1.165, 1.54) is 43.0 Å². The number of rotatable bonds is 4. The maximum Gasteiger partial charge on any atom is 0.0685 e. The van der Waals surface area contributed by atoms with Crippen molar-refractivity contribution >= 4 is 10.9 Å². The van der Waals surface area contributed by atoms with E-state index in [0.29, 0.717) is 12.1 Å². The van der Waals surface area contributed by atoms with E-state index < -0.39 is 0 Å². The van der Waals surface area contributed by atoms with Gasteiger partial charge in [0.2, 0.25) is 0 Å². The Morgan fingerprint density at radius 2 is 2.21 bits per heavy atom. The largest absolute Gasteiger partial charge is 0.314 e. The fourth-order valence-electron chi connectivity index (χ4n) is 3.20. The van der Waals surface area contributed by atoms with Crippen LogP contribution in [0, 0.1) is 0 Å². The van der Waals surface area contributed by atoms with Crippen LogP contribution in [-0.4, -0.2) is 22.4 Å². The smallest absolute Gasteiger partial charge is 0.0685 e. The average molecular weight is 257 g/mol. The van der Waals surface area contributed by atoms with E-state index >= 15 is 0 Å². The maximum atomic E-state index is 4.62. The fourth-order valence-corrected chi connectivity index (χ4v) is 3.20.